The van der Waals surface area contributed by atoms with Crippen LogP contribution in [0.2, 0.25) is 0 Å². The van der Waals surface area contributed by atoms with Crippen LogP contribution in [-0.4, -0.2) is 56.6 Å². The van der Waals surface area contributed by atoms with E-state index in [0.29, 0.717) is 32.2 Å². The lowest BCUT2D eigenvalue weighted by Gasteiger charge is -2.60. The smallest absolute Gasteiger partial charge is 0.414 e. The van der Waals surface area contributed by atoms with Crippen LogP contribution in [0.15, 0.2) is 24.3 Å². The fourth-order valence-corrected chi connectivity index (χ4v) is 8.48. The lowest BCUT2D eigenvalue weighted by atomic mass is 9.47. The summed E-state index contributed by atoms with van der Waals surface area (Å²) in [5, 5.41) is 13.0. The molecule has 2 aliphatic carbocycles. The van der Waals surface area contributed by atoms with E-state index in [2.05, 4.69) is 27.7 Å². The third-order valence-electron chi connectivity index (χ3n) is 9.97. The zero-order valence-electron chi connectivity index (χ0n) is 25.6. The van der Waals surface area contributed by atoms with Gasteiger partial charge in [0.05, 0.1) is 18.8 Å². The molecule has 7 heteroatoms. The molecule has 1 N–H and O–H groups in total. The third-order valence-corrected chi connectivity index (χ3v) is 9.97. The highest BCUT2D eigenvalue weighted by molar-refractivity contribution is 5.87. The molecule has 3 aliphatic rings. The van der Waals surface area contributed by atoms with Gasteiger partial charge in [-0.05, 0) is 87.3 Å². The summed E-state index contributed by atoms with van der Waals surface area (Å²) in [4.78, 5) is 14.2. The molecule has 1 aromatic rings. The highest BCUT2D eigenvalue weighted by Crippen LogP contribution is 2.69. The topological polar surface area (TPSA) is 77.5 Å². The fourth-order valence-electron chi connectivity index (χ4n) is 8.48. The molecular weight excluding hydrogens is 494 g/mol. The summed E-state index contributed by atoms with van der Waals surface area (Å²) in [5.74, 6) is 0.0238. The fraction of sp³-hybridized carbons (Fsp3) is 0.781. The molecule has 39 heavy (non-hydrogen) atoms. The van der Waals surface area contributed by atoms with Crippen molar-refractivity contribution in [2.45, 2.75) is 97.6 Å². The lowest BCUT2D eigenvalue weighted by molar-refractivity contribution is -0.276. The van der Waals surface area contributed by atoms with E-state index in [0.717, 1.165) is 36.9 Å². The van der Waals surface area contributed by atoms with E-state index in [4.69, 9.17) is 18.9 Å². The number of benzene rings is 1. The van der Waals surface area contributed by atoms with Crippen LogP contribution in [0, 0.1) is 28.6 Å². The summed E-state index contributed by atoms with van der Waals surface area (Å²) in [6.07, 6.45) is 3.97. The van der Waals surface area contributed by atoms with Crippen LogP contribution in [0.4, 0.5) is 10.5 Å². The molecule has 5 atom stereocenters. The monoisotopic (exact) mass is 545 g/mol. The molecule has 1 amide bonds. The predicted molar refractivity (Wildman–Crippen MR) is 153 cm³/mol. The molecule has 1 heterocycles. The van der Waals surface area contributed by atoms with Gasteiger partial charge in [0.2, 0.25) is 0 Å². The number of amides is 1. The van der Waals surface area contributed by atoms with Gasteiger partial charge in [-0.25, -0.2) is 4.79 Å². The molecule has 0 bridgehead atoms. The quantitative estimate of drug-likeness (QED) is 0.394. The number of hydrogen-bond donors (Lipinski definition) is 1. The summed E-state index contributed by atoms with van der Waals surface area (Å²) in [6.45, 7) is 16.7. The molecule has 1 aliphatic heterocycles. The van der Waals surface area contributed by atoms with E-state index in [9.17, 15) is 9.90 Å². The maximum absolute atomic E-state index is 13.0. The van der Waals surface area contributed by atoms with E-state index in [1.165, 1.54) is 4.90 Å². The number of aliphatic hydroxyl groups is 1. The van der Waals surface area contributed by atoms with Crippen molar-refractivity contribution in [3.8, 4) is 0 Å². The van der Waals surface area contributed by atoms with E-state index in [1.807, 2.05) is 45.0 Å². The number of carbonyl (C=O) groups is 1. The van der Waals surface area contributed by atoms with Crippen molar-refractivity contribution in [1.82, 2.24) is 0 Å². The van der Waals surface area contributed by atoms with Crippen LogP contribution in [-0.2, 0) is 24.5 Å². The van der Waals surface area contributed by atoms with Gasteiger partial charge in [-0.3, -0.25) is 4.90 Å². The van der Waals surface area contributed by atoms with Crippen molar-refractivity contribution in [3.63, 3.8) is 0 Å². The van der Waals surface area contributed by atoms with Crippen LogP contribution in [0.5, 0.6) is 0 Å². The van der Waals surface area contributed by atoms with Gasteiger partial charge < -0.3 is 24.1 Å². The van der Waals surface area contributed by atoms with E-state index in [1.54, 1.807) is 14.2 Å². The molecule has 0 aromatic heterocycles. The molecule has 1 spiro atoms. The van der Waals surface area contributed by atoms with Crippen molar-refractivity contribution in [2.75, 3.05) is 38.9 Å². The molecule has 0 unspecified atom stereocenters. The Kier molecular flexibility index (Phi) is 8.25. The van der Waals surface area contributed by atoms with Crippen molar-refractivity contribution in [2.24, 2.45) is 28.6 Å². The number of hydrogen-bond acceptors (Lipinski definition) is 6. The summed E-state index contributed by atoms with van der Waals surface area (Å²) in [5.41, 5.74) is -0.527. The van der Waals surface area contributed by atoms with E-state index < -0.39 is 23.1 Å². The van der Waals surface area contributed by atoms with E-state index in [-0.39, 0.29) is 22.7 Å². The summed E-state index contributed by atoms with van der Waals surface area (Å²) in [6, 6.07) is 7.81. The first kappa shape index (κ1) is 30.3. The van der Waals surface area contributed by atoms with Gasteiger partial charge in [0.15, 0.2) is 5.79 Å². The first-order chi connectivity index (χ1) is 18.1. The minimum absolute atomic E-state index is 0.0194. The molecule has 3 fully saturated rings. The van der Waals surface area contributed by atoms with Crippen LogP contribution in [0.25, 0.3) is 0 Å². The van der Waals surface area contributed by atoms with Crippen molar-refractivity contribution >= 4 is 11.8 Å². The maximum Gasteiger partial charge on any atom is 0.414 e. The summed E-state index contributed by atoms with van der Waals surface area (Å²) in [7, 11) is 3.46. The number of ether oxygens (including phenoxy) is 4. The number of rotatable bonds is 7. The molecule has 4 rings (SSSR count). The van der Waals surface area contributed by atoms with Gasteiger partial charge in [-0.1, -0.05) is 39.8 Å². The molecular formula is C32H51NO6. The second kappa shape index (κ2) is 10.6. The highest BCUT2D eigenvalue weighted by Gasteiger charge is 2.70. The van der Waals surface area contributed by atoms with Gasteiger partial charge in [-0.2, -0.15) is 0 Å². The van der Waals surface area contributed by atoms with Crippen LogP contribution >= 0.6 is 0 Å². The van der Waals surface area contributed by atoms with Crippen molar-refractivity contribution in [1.29, 1.82) is 0 Å². The number of nitrogens with zero attached hydrogens (tertiary/aromatic N) is 1. The van der Waals surface area contributed by atoms with Crippen LogP contribution in [0.1, 0.15) is 86.1 Å². The first-order valence-corrected chi connectivity index (χ1v) is 14.7. The van der Waals surface area contributed by atoms with Gasteiger partial charge in [-0.15, -0.1) is 0 Å². The Hall–Kier alpha value is -1.67. The maximum atomic E-state index is 13.0. The Balaban J connectivity index is 1.73. The Labute approximate surface area is 235 Å². The number of methoxy groups -OCH3 is 1. The molecule has 0 radical (unpaired) electrons. The lowest BCUT2D eigenvalue weighted by Crippen LogP contribution is -2.61. The largest absolute Gasteiger partial charge is 0.443 e. The number of fused-ring (bicyclic) bond motifs is 2. The Morgan fingerprint density at radius 3 is 2.31 bits per heavy atom. The molecule has 2 saturated carbocycles. The Morgan fingerprint density at radius 2 is 1.74 bits per heavy atom. The van der Waals surface area contributed by atoms with Crippen LogP contribution in [0.3, 0.4) is 0 Å². The standard InChI is InChI=1S/C32H51NO6/c1-22-25-15-17-32(37-19-20-38-32)30(25,7)21-31(35,26(22)29(5,6)16-10-18-36-9)23-11-13-24(14-12-23)33(8)27(34)39-28(2,3)4/h11-14,22,25-26,35H,10,15-21H2,1-9H3/t22-,25-,26-,30-,31-/m0/s1. The average Bonchev–Trinajstić information content (AvgIpc) is 3.43. The summed E-state index contributed by atoms with van der Waals surface area (Å²) >= 11 is 0. The van der Waals surface area contributed by atoms with Gasteiger partial charge in [0.25, 0.3) is 0 Å². The number of anilines is 1. The minimum Gasteiger partial charge on any atom is -0.443 e. The second-order valence-corrected chi connectivity index (χ2v) is 14.1. The Morgan fingerprint density at radius 1 is 1.13 bits per heavy atom. The molecule has 1 saturated heterocycles. The molecule has 7 nitrogen and oxygen atoms in total. The zero-order chi connectivity index (χ0) is 28.9. The second-order valence-electron chi connectivity index (χ2n) is 14.1. The average molecular weight is 546 g/mol. The van der Waals surface area contributed by atoms with E-state index >= 15 is 0 Å². The van der Waals surface area contributed by atoms with Crippen molar-refractivity contribution in [3.05, 3.63) is 29.8 Å². The first-order valence-electron chi connectivity index (χ1n) is 14.7. The SMILES string of the molecule is COCCCC(C)(C)[C@@H]1[C@@H](C)[C@@H]2CCC3(OCCO3)[C@@]2(C)C[C@]1(O)c1ccc(N(C)C(=O)OC(C)(C)C)cc1. The normalized spacial score (nSPS) is 32.3. The minimum atomic E-state index is -1.10. The molecule has 1 aromatic carbocycles. The van der Waals surface area contributed by atoms with Crippen molar-refractivity contribution < 1.29 is 28.8 Å². The number of carbonyl (C=O) groups excluding carboxylic acids is 1. The Bertz CT molecular complexity index is 1010. The van der Waals surface area contributed by atoms with Gasteiger partial charge in [0.1, 0.15) is 5.60 Å². The highest BCUT2D eigenvalue weighted by atomic mass is 16.7. The molecule has 220 valence electrons. The predicted octanol–water partition coefficient (Wildman–Crippen LogP) is 6.51. The van der Waals surface area contributed by atoms with Crippen LogP contribution < -0.4 is 4.90 Å². The van der Waals surface area contributed by atoms with Gasteiger partial charge in [0, 0.05) is 38.3 Å². The third kappa shape index (κ3) is 5.37. The summed E-state index contributed by atoms with van der Waals surface area (Å²) < 4.78 is 23.7. The zero-order valence-corrected chi connectivity index (χ0v) is 25.6. The van der Waals surface area contributed by atoms with Gasteiger partial charge >= 0.3 is 6.09 Å².